The molecule has 0 aliphatic heterocycles. The fraction of sp³-hybridized carbons (Fsp3) is 0.556. The lowest BCUT2D eigenvalue weighted by molar-refractivity contribution is -0.138. The number of carbonyl (C=O) groups is 1. The molecule has 0 saturated heterocycles. The lowest BCUT2D eigenvalue weighted by Gasteiger charge is -2.14. The van der Waals surface area contributed by atoms with E-state index in [0.717, 1.165) is 17.4 Å². The molecule has 0 aliphatic carbocycles. The van der Waals surface area contributed by atoms with Gasteiger partial charge in [-0.3, -0.25) is 4.79 Å². The molecule has 1 atom stereocenters. The van der Waals surface area contributed by atoms with Gasteiger partial charge >= 0.3 is 5.97 Å². The van der Waals surface area contributed by atoms with Gasteiger partial charge in [0, 0.05) is 24.7 Å². The lowest BCUT2D eigenvalue weighted by atomic mass is 10.2. The Morgan fingerprint density at radius 1 is 1.81 bits per heavy atom. The number of carboxylic acids is 1. The van der Waals surface area contributed by atoms with Crippen molar-refractivity contribution in [2.75, 3.05) is 30.5 Å². The fourth-order valence-electron chi connectivity index (χ4n) is 1.04. The molecule has 3 N–H and O–H groups in total. The Hall–Kier alpha value is -0.790. The van der Waals surface area contributed by atoms with Gasteiger partial charge in [0.05, 0.1) is 5.69 Å². The van der Waals surface area contributed by atoms with Crippen LogP contribution in [0.25, 0.3) is 0 Å². The highest BCUT2D eigenvalue weighted by atomic mass is 32.2. The van der Waals surface area contributed by atoms with E-state index in [1.165, 1.54) is 11.3 Å². The second-order valence-corrected chi connectivity index (χ2v) is 5.11. The summed E-state index contributed by atoms with van der Waals surface area (Å²) in [6.07, 6.45) is 2.04. The van der Waals surface area contributed by atoms with Gasteiger partial charge in [0.25, 0.3) is 0 Å². The van der Waals surface area contributed by atoms with Crippen LogP contribution in [0.2, 0.25) is 0 Å². The molecule has 0 bridgehead atoms. The van der Waals surface area contributed by atoms with E-state index in [4.69, 9.17) is 10.8 Å². The van der Waals surface area contributed by atoms with E-state index in [9.17, 15) is 4.79 Å². The number of anilines is 1. The van der Waals surface area contributed by atoms with Crippen LogP contribution in [0.4, 0.5) is 5.13 Å². The standard InChI is InChI=1S/C9H15N3O2S2/c1-12(3-4-15-2)9-11-6(5-16-9)7(10)8(13)14/h5,7H,3-4,10H2,1-2H3,(H,13,14). The van der Waals surface area contributed by atoms with Gasteiger partial charge in [0.2, 0.25) is 0 Å². The Morgan fingerprint density at radius 2 is 2.50 bits per heavy atom. The second kappa shape index (κ2) is 6.07. The van der Waals surface area contributed by atoms with Gasteiger partial charge in [0.15, 0.2) is 5.13 Å². The quantitative estimate of drug-likeness (QED) is 0.796. The van der Waals surface area contributed by atoms with Gasteiger partial charge in [0.1, 0.15) is 6.04 Å². The summed E-state index contributed by atoms with van der Waals surface area (Å²) in [5.74, 6) is -0.0419. The third kappa shape index (κ3) is 3.36. The maximum Gasteiger partial charge on any atom is 0.326 e. The lowest BCUT2D eigenvalue weighted by Crippen LogP contribution is -2.22. The molecule has 5 nitrogen and oxygen atoms in total. The van der Waals surface area contributed by atoms with Gasteiger partial charge in [-0.2, -0.15) is 11.8 Å². The maximum atomic E-state index is 10.7. The number of thioether (sulfide) groups is 1. The molecule has 0 saturated carbocycles. The number of nitrogens with zero attached hydrogens (tertiary/aromatic N) is 2. The molecule has 90 valence electrons. The zero-order valence-corrected chi connectivity index (χ0v) is 10.8. The first kappa shape index (κ1) is 13.3. The van der Waals surface area contributed by atoms with Gasteiger partial charge in [-0.1, -0.05) is 0 Å². The normalized spacial score (nSPS) is 12.4. The summed E-state index contributed by atoms with van der Waals surface area (Å²) in [4.78, 5) is 16.9. The Bertz CT molecular complexity index is 356. The van der Waals surface area contributed by atoms with E-state index in [1.807, 2.05) is 18.2 Å². The molecular weight excluding hydrogens is 246 g/mol. The Balaban J connectivity index is 2.67. The summed E-state index contributed by atoms with van der Waals surface area (Å²) in [5, 5.41) is 11.3. The van der Waals surface area contributed by atoms with Crippen molar-refractivity contribution in [1.82, 2.24) is 4.98 Å². The smallest absolute Gasteiger partial charge is 0.326 e. The maximum absolute atomic E-state index is 10.7. The average molecular weight is 261 g/mol. The van der Waals surface area contributed by atoms with Gasteiger partial charge in [-0.05, 0) is 6.26 Å². The van der Waals surface area contributed by atoms with Crippen molar-refractivity contribution in [3.8, 4) is 0 Å². The molecule has 1 rings (SSSR count). The van der Waals surface area contributed by atoms with E-state index in [-0.39, 0.29) is 0 Å². The SMILES string of the molecule is CSCCN(C)c1nc(C(N)C(=O)O)cs1. The molecular formula is C9H15N3O2S2. The van der Waals surface area contributed by atoms with Crippen molar-refractivity contribution in [2.24, 2.45) is 5.73 Å². The van der Waals surface area contributed by atoms with Gasteiger partial charge in [-0.15, -0.1) is 11.3 Å². The van der Waals surface area contributed by atoms with Crippen LogP contribution < -0.4 is 10.6 Å². The average Bonchev–Trinajstić information content (AvgIpc) is 2.73. The van der Waals surface area contributed by atoms with Crippen molar-refractivity contribution in [2.45, 2.75) is 6.04 Å². The molecule has 0 fully saturated rings. The molecule has 1 heterocycles. The van der Waals surface area contributed by atoms with Crippen molar-refractivity contribution >= 4 is 34.2 Å². The van der Waals surface area contributed by atoms with Crippen molar-refractivity contribution in [3.63, 3.8) is 0 Å². The molecule has 7 heteroatoms. The van der Waals surface area contributed by atoms with E-state index >= 15 is 0 Å². The van der Waals surface area contributed by atoms with E-state index in [0.29, 0.717) is 5.69 Å². The molecule has 1 aromatic rings. The largest absolute Gasteiger partial charge is 0.480 e. The zero-order valence-electron chi connectivity index (χ0n) is 9.21. The predicted octanol–water partition coefficient (Wildman–Crippen LogP) is 1.03. The highest BCUT2D eigenvalue weighted by molar-refractivity contribution is 7.98. The Morgan fingerprint density at radius 3 is 3.06 bits per heavy atom. The van der Waals surface area contributed by atoms with Crippen LogP contribution in [0.1, 0.15) is 11.7 Å². The number of nitrogens with two attached hydrogens (primary N) is 1. The monoisotopic (exact) mass is 261 g/mol. The molecule has 0 amide bonds. The number of hydrogen-bond donors (Lipinski definition) is 2. The van der Waals surface area contributed by atoms with Crippen molar-refractivity contribution in [1.29, 1.82) is 0 Å². The third-order valence-corrected chi connectivity index (χ3v) is 3.62. The number of thiazole rings is 1. The first-order chi connectivity index (χ1) is 7.56. The topological polar surface area (TPSA) is 79.5 Å². The molecule has 16 heavy (non-hydrogen) atoms. The predicted molar refractivity (Wildman–Crippen MR) is 68.3 cm³/mol. The van der Waals surface area contributed by atoms with E-state index in [2.05, 4.69) is 4.98 Å². The minimum atomic E-state index is -1.05. The van der Waals surface area contributed by atoms with Crippen molar-refractivity contribution in [3.05, 3.63) is 11.1 Å². The highest BCUT2D eigenvalue weighted by Crippen LogP contribution is 2.22. The molecule has 1 aromatic heterocycles. The number of rotatable bonds is 6. The second-order valence-electron chi connectivity index (χ2n) is 3.29. The minimum absolute atomic E-state index is 0.420. The van der Waals surface area contributed by atoms with Crippen LogP contribution in [-0.2, 0) is 4.79 Å². The summed E-state index contributed by atoms with van der Waals surface area (Å²) in [7, 11) is 1.94. The first-order valence-corrected chi connectivity index (χ1v) is 6.97. The minimum Gasteiger partial charge on any atom is -0.480 e. The molecule has 1 unspecified atom stereocenters. The first-order valence-electron chi connectivity index (χ1n) is 4.70. The summed E-state index contributed by atoms with van der Waals surface area (Å²) in [6, 6.07) is -1.03. The van der Waals surface area contributed by atoms with Crippen LogP contribution in [0.3, 0.4) is 0 Å². The van der Waals surface area contributed by atoms with Gasteiger partial charge in [-0.25, -0.2) is 4.98 Å². The Labute approximate surface area is 103 Å². The fourth-order valence-corrected chi connectivity index (χ4v) is 2.36. The van der Waals surface area contributed by atoms with Crippen LogP contribution >= 0.6 is 23.1 Å². The van der Waals surface area contributed by atoms with Crippen LogP contribution in [0, 0.1) is 0 Å². The number of hydrogen-bond acceptors (Lipinski definition) is 6. The van der Waals surface area contributed by atoms with Crippen LogP contribution in [0.5, 0.6) is 0 Å². The Kier molecular flexibility index (Phi) is 5.04. The number of aliphatic carboxylic acids is 1. The van der Waals surface area contributed by atoms with E-state index < -0.39 is 12.0 Å². The zero-order chi connectivity index (χ0) is 12.1. The molecule has 0 aromatic carbocycles. The molecule has 0 radical (unpaired) electrons. The van der Waals surface area contributed by atoms with Gasteiger partial charge < -0.3 is 15.7 Å². The summed E-state index contributed by atoms with van der Waals surface area (Å²) in [6.45, 7) is 0.885. The summed E-state index contributed by atoms with van der Waals surface area (Å²) in [5.41, 5.74) is 5.89. The summed E-state index contributed by atoms with van der Waals surface area (Å²) >= 11 is 3.18. The van der Waals surface area contributed by atoms with Crippen LogP contribution in [-0.4, -0.2) is 41.7 Å². The van der Waals surface area contributed by atoms with Crippen molar-refractivity contribution < 1.29 is 9.90 Å². The highest BCUT2D eigenvalue weighted by Gasteiger charge is 2.18. The van der Waals surface area contributed by atoms with E-state index in [1.54, 1.807) is 17.1 Å². The molecule has 0 aliphatic rings. The summed E-state index contributed by atoms with van der Waals surface area (Å²) < 4.78 is 0. The van der Waals surface area contributed by atoms with Crippen LogP contribution in [0.15, 0.2) is 5.38 Å². The number of aromatic nitrogens is 1. The third-order valence-electron chi connectivity index (χ3n) is 2.05. The molecule has 0 spiro atoms. The number of carboxylic acid groups (broad SMARTS) is 1.